The second kappa shape index (κ2) is 11.8. The zero-order valence-electron chi connectivity index (χ0n) is 24.5. The highest BCUT2D eigenvalue weighted by Gasteiger charge is 2.39. The third kappa shape index (κ3) is 5.68. The Morgan fingerprint density at radius 2 is 1.93 bits per heavy atom. The van der Waals surface area contributed by atoms with E-state index >= 15 is 0 Å². The number of ether oxygens (including phenoxy) is 3. The fourth-order valence-corrected chi connectivity index (χ4v) is 7.39. The summed E-state index contributed by atoms with van der Waals surface area (Å²) in [5.41, 5.74) is -3.48. The summed E-state index contributed by atoms with van der Waals surface area (Å²) in [6, 6.07) is 3.04. The lowest BCUT2D eigenvalue weighted by Crippen LogP contribution is -2.52. The summed E-state index contributed by atoms with van der Waals surface area (Å²) in [4.78, 5) is 45.1. The Morgan fingerprint density at radius 1 is 1.22 bits per heavy atom. The molecule has 15 heteroatoms. The maximum absolute atomic E-state index is 14.7. The van der Waals surface area contributed by atoms with E-state index in [2.05, 4.69) is 4.98 Å². The van der Waals surface area contributed by atoms with Gasteiger partial charge in [-0.3, -0.25) is 9.36 Å². The van der Waals surface area contributed by atoms with Crippen LogP contribution in [0.1, 0.15) is 56.8 Å². The highest BCUT2D eigenvalue weighted by atomic mass is 32.1. The molecule has 0 spiro atoms. The second-order valence-corrected chi connectivity index (χ2v) is 12.7. The van der Waals surface area contributed by atoms with Gasteiger partial charge in [0.2, 0.25) is 5.89 Å². The standard InChI is InChI=1S/C30H30F3N3O8S/c1-14-22-25(37)36(30(2,3)27(38)39)29(40)35(26(22)45-23(14)24-34-8-9-41-24)13-21(43-18-11-16-5-6-17(12-18)42-16)19-10-15(31)4-7-20(19)44-28(32)33/h4,7-10,16-18,21,28H,5-6,11-13H2,1-3H3,(H,38,39)/t16-,17+,18+,21-/m0/s1. The van der Waals surface area contributed by atoms with E-state index in [0.29, 0.717) is 27.8 Å². The zero-order chi connectivity index (χ0) is 32.2. The average molecular weight is 650 g/mol. The third-order valence-corrected chi connectivity index (χ3v) is 9.71. The summed E-state index contributed by atoms with van der Waals surface area (Å²) in [6.07, 6.45) is 3.64. The number of aromatic nitrogens is 3. The fourth-order valence-electron chi connectivity index (χ4n) is 6.14. The molecule has 1 aromatic carbocycles. The first-order chi connectivity index (χ1) is 21.3. The number of carbonyl (C=O) groups is 1. The Bertz CT molecular complexity index is 1850. The van der Waals surface area contributed by atoms with Gasteiger partial charge >= 0.3 is 18.3 Å². The van der Waals surface area contributed by atoms with E-state index in [0.717, 1.165) is 42.4 Å². The van der Waals surface area contributed by atoms with E-state index in [9.17, 15) is 32.7 Å². The largest absolute Gasteiger partial charge is 0.480 e. The van der Waals surface area contributed by atoms with Crippen molar-refractivity contribution >= 4 is 27.5 Å². The van der Waals surface area contributed by atoms with Crippen molar-refractivity contribution in [2.45, 2.75) is 89.6 Å². The molecule has 3 aromatic heterocycles. The number of oxazole rings is 1. The maximum atomic E-state index is 14.7. The number of hydrogen-bond donors (Lipinski definition) is 1. The third-order valence-electron chi connectivity index (χ3n) is 8.41. The van der Waals surface area contributed by atoms with E-state index < -0.39 is 53.9 Å². The Balaban J connectivity index is 1.57. The molecule has 5 heterocycles. The van der Waals surface area contributed by atoms with Crippen LogP contribution in [-0.2, 0) is 26.4 Å². The molecule has 0 unspecified atom stereocenters. The number of alkyl halides is 2. The molecular weight excluding hydrogens is 619 g/mol. The van der Waals surface area contributed by atoms with Gasteiger partial charge in [-0.15, -0.1) is 11.3 Å². The van der Waals surface area contributed by atoms with Gasteiger partial charge in [0.05, 0.1) is 41.3 Å². The number of thiophene rings is 1. The van der Waals surface area contributed by atoms with Crippen molar-refractivity contribution in [3.05, 3.63) is 68.4 Å². The lowest BCUT2D eigenvalue weighted by molar-refractivity contribution is -0.146. The first-order valence-electron chi connectivity index (χ1n) is 14.3. The van der Waals surface area contributed by atoms with Crippen LogP contribution < -0.4 is 16.0 Å². The van der Waals surface area contributed by atoms with Crippen molar-refractivity contribution in [3.63, 3.8) is 0 Å². The van der Waals surface area contributed by atoms with Crippen LogP contribution in [0, 0.1) is 12.7 Å². The smallest absolute Gasteiger partial charge is 0.387 e. The van der Waals surface area contributed by atoms with E-state index in [4.69, 9.17) is 18.6 Å². The molecule has 2 aliphatic heterocycles. The first-order valence-corrected chi connectivity index (χ1v) is 15.1. The summed E-state index contributed by atoms with van der Waals surface area (Å²) in [7, 11) is 0. The highest BCUT2D eigenvalue weighted by Crippen LogP contribution is 2.40. The van der Waals surface area contributed by atoms with Gasteiger partial charge in [-0.1, -0.05) is 0 Å². The summed E-state index contributed by atoms with van der Waals surface area (Å²) in [5, 5.41) is 10.1. The number of aryl methyl sites for hydroxylation is 1. The van der Waals surface area contributed by atoms with Crippen molar-refractivity contribution in [1.29, 1.82) is 0 Å². The van der Waals surface area contributed by atoms with Gasteiger partial charge in [0, 0.05) is 5.56 Å². The number of carboxylic acid groups (broad SMARTS) is 1. The number of halogens is 3. The predicted octanol–water partition coefficient (Wildman–Crippen LogP) is 5.22. The minimum Gasteiger partial charge on any atom is -0.480 e. The fraction of sp³-hybridized carbons (Fsp3) is 0.467. The monoisotopic (exact) mass is 649 g/mol. The van der Waals surface area contributed by atoms with Gasteiger partial charge in [-0.05, 0) is 70.2 Å². The molecule has 45 heavy (non-hydrogen) atoms. The summed E-state index contributed by atoms with van der Waals surface area (Å²) >= 11 is 1.02. The van der Waals surface area contributed by atoms with Gasteiger partial charge in [-0.2, -0.15) is 8.78 Å². The number of aliphatic carboxylic acids is 1. The minimum atomic E-state index is -3.23. The summed E-state index contributed by atoms with van der Waals surface area (Å²) in [6.45, 7) is 0.437. The molecule has 1 N–H and O–H groups in total. The molecule has 2 saturated heterocycles. The number of benzene rings is 1. The molecule has 240 valence electrons. The Kier molecular flexibility index (Phi) is 8.12. The van der Waals surface area contributed by atoms with Crippen molar-refractivity contribution in [2.75, 3.05) is 0 Å². The summed E-state index contributed by atoms with van der Waals surface area (Å²) in [5.74, 6) is -2.35. The van der Waals surface area contributed by atoms with Gasteiger partial charge in [0.1, 0.15) is 34.3 Å². The van der Waals surface area contributed by atoms with Crippen LogP contribution in [0.15, 0.2) is 44.7 Å². The molecule has 11 nitrogen and oxygen atoms in total. The Labute approximate surface area is 257 Å². The molecule has 0 saturated carbocycles. The van der Waals surface area contributed by atoms with E-state index in [-0.39, 0.29) is 39.6 Å². The normalized spacial score (nSPS) is 20.6. The SMILES string of the molecule is Cc1c(-c2ncco2)sc2c1c(=O)n(C(C)(C)C(=O)O)c(=O)n2C[C@H](O[C@H]1C[C@H]2CC[C@@H](C1)O2)c1cc(F)ccc1OC(F)F. The van der Waals surface area contributed by atoms with Crippen molar-refractivity contribution in [2.24, 2.45) is 0 Å². The van der Waals surface area contributed by atoms with Crippen molar-refractivity contribution in [1.82, 2.24) is 14.1 Å². The number of hydrogen-bond acceptors (Lipinski definition) is 9. The molecule has 4 aromatic rings. The van der Waals surface area contributed by atoms with Crippen LogP contribution in [-0.4, -0.2) is 50.1 Å². The molecule has 2 fully saturated rings. The second-order valence-electron chi connectivity index (χ2n) is 11.7. The van der Waals surface area contributed by atoms with Gasteiger partial charge in [0.25, 0.3) is 5.56 Å². The highest BCUT2D eigenvalue weighted by molar-refractivity contribution is 7.22. The average Bonchev–Trinajstić information content (AvgIpc) is 3.70. The van der Waals surface area contributed by atoms with Gasteiger partial charge < -0.3 is 23.7 Å². The van der Waals surface area contributed by atoms with Crippen molar-refractivity contribution < 1.29 is 41.7 Å². The maximum Gasteiger partial charge on any atom is 0.387 e. The molecular formula is C30H30F3N3O8S. The number of nitrogens with zero attached hydrogens (tertiary/aromatic N) is 3. The number of fused-ring (bicyclic) bond motifs is 3. The minimum absolute atomic E-state index is 0.0493. The Hall–Kier alpha value is -3.95. The topological polar surface area (TPSA) is 135 Å². The molecule has 6 rings (SSSR count). The van der Waals surface area contributed by atoms with Crippen molar-refractivity contribution in [3.8, 4) is 16.5 Å². The zero-order valence-corrected chi connectivity index (χ0v) is 25.3. The van der Waals surface area contributed by atoms with Crippen LogP contribution in [0.5, 0.6) is 5.75 Å². The predicted molar refractivity (Wildman–Crippen MR) is 155 cm³/mol. The van der Waals surface area contributed by atoms with Gasteiger partial charge in [-0.25, -0.2) is 23.5 Å². The van der Waals surface area contributed by atoms with E-state index in [1.54, 1.807) is 6.92 Å². The molecule has 0 radical (unpaired) electrons. The van der Waals surface area contributed by atoms with Crippen LogP contribution in [0.2, 0.25) is 0 Å². The summed E-state index contributed by atoms with van der Waals surface area (Å²) < 4.78 is 66.1. The molecule has 0 aliphatic carbocycles. The van der Waals surface area contributed by atoms with Gasteiger partial charge in [0.15, 0.2) is 0 Å². The van der Waals surface area contributed by atoms with Crippen LogP contribution in [0.4, 0.5) is 13.2 Å². The lowest BCUT2D eigenvalue weighted by Gasteiger charge is -2.33. The van der Waals surface area contributed by atoms with E-state index in [1.165, 1.54) is 30.9 Å². The Morgan fingerprint density at radius 3 is 2.56 bits per heavy atom. The lowest BCUT2D eigenvalue weighted by atomic mass is 10.0. The molecule has 2 bridgehead atoms. The molecule has 2 aliphatic rings. The van der Waals surface area contributed by atoms with Crippen LogP contribution >= 0.6 is 11.3 Å². The number of rotatable bonds is 10. The molecule has 0 amide bonds. The van der Waals surface area contributed by atoms with Crippen LogP contribution in [0.3, 0.4) is 0 Å². The first kappa shape index (κ1) is 31.0. The van der Waals surface area contributed by atoms with Crippen LogP contribution in [0.25, 0.3) is 21.0 Å². The molecule has 4 atom stereocenters. The quantitative estimate of drug-likeness (QED) is 0.246. The van der Waals surface area contributed by atoms with E-state index in [1.807, 2.05) is 0 Å². The number of carboxylic acids is 1.